The van der Waals surface area contributed by atoms with E-state index in [1.54, 1.807) is 18.6 Å². The molecule has 0 saturated heterocycles. The number of hydrogen-bond acceptors (Lipinski definition) is 2. The molecule has 0 fully saturated rings. The Labute approximate surface area is 107 Å². The molecule has 0 amide bonds. The lowest BCUT2D eigenvalue weighted by molar-refractivity contribution is 0.651. The number of pyridine rings is 1. The lowest BCUT2D eigenvalue weighted by Gasteiger charge is -2.12. The zero-order chi connectivity index (χ0) is 12.3. The van der Waals surface area contributed by atoms with Gasteiger partial charge in [0.15, 0.2) is 0 Å². The molecule has 0 saturated carbocycles. The molecule has 3 nitrogen and oxygen atoms in total. The van der Waals surface area contributed by atoms with E-state index in [1.165, 1.54) is 0 Å². The minimum absolute atomic E-state index is 0.330. The fourth-order valence-corrected chi connectivity index (χ4v) is 1.78. The Morgan fingerprint density at radius 1 is 1.44 bits per heavy atom. The number of aromatic nitrogens is 1. The summed E-state index contributed by atoms with van der Waals surface area (Å²) < 4.78 is 16.4. The maximum Gasteiger partial charge on any atom is 0.144 e. The summed E-state index contributed by atoms with van der Waals surface area (Å²) in [6, 6.07) is 0. The van der Waals surface area contributed by atoms with Gasteiger partial charge in [-0.1, -0.05) is 0 Å². The van der Waals surface area contributed by atoms with E-state index in [0.717, 1.165) is 15.6 Å². The molecule has 1 rings (SSSR count). The van der Waals surface area contributed by atoms with Gasteiger partial charge in [0.05, 0.1) is 4.75 Å². The summed E-state index contributed by atoms with van der Waals surface area (Å²) in [5, 5.41) is 0. The number of rotatable bonds is 2. The first-order valence-corrected chi connectivity index (χ1v) is 6.78. The molecule has 1 aromatic rings. The second kappa shape index (κ2) is 5.19. The van der Waals surface area contributed by atoms with Crippen molar-refractivity contribution in [2.45, 2.75) is 32.4 Å². The molecule has 0 aliphatic rings. The van der Waals surface area contributed by atoms with E-state index in [9.17, 15) is 4.21 Å². The van der Waals surface area contributed by atoms with Crippen LogP contribution in [0.5, 0.6) is 0 Å². The third-order valence-electron chi connectivity index (χ3n) is 2.00. The van der Waals surface area contributed by atoms with Crippen LogP contribution in [0.1, 0.15) is 31.9 Å². The monoisotopic (exact) mass is 302 g/mol. The highest BCUT2D eigenvalue weighted by Gasteiger charge is 2.18. The summed E-state index contributed by atoms with van der Waals surface area (Å²) in [4.78, 5) is 4.05. The summed E-state index contributed by atoms with van der Waals surface area (Å²) in [5.41, 5.74) is 1.93. The van der Waals surface area contributed by atoms with Crippen molar-refractivity contribution in [2.24, 2.45) is 4.40 Å². The van der Waals surface area contributed by atoms with Crippen LogP contribution >= 0.6 is 15.9 Å². The van der Waals surface area contributed by atoms with Gasteiger partial charge in [-0.05, 0) is 49.2 Å². The molecular formula is C11H15BrN2OS. The molecule has 88 valence electrons. The summed E-state index contributed by atoms with van der Waals surface area (Å²) in [7, 11) is -1.23. The van der Waals surface area contributed by atoms with E-state index in [0.29, 0.717) is 0 Å². The molecule has 1 atom stereocenters. The van der Waals surface area contributed by atoms with Crippen molar-refractivity contribution >= 4 is 33.1 Å². The SMILES string of the molecule is Cc1c(Br)cncc1C=N[S@](=O)C(C)(C)C. The Morgan fingerprint density at radius 3 is 2.62 bits per heavy atom. The van der Waals surface area contributed by atoms with Gasteiger partial charge in [-0.2, -0.15) is 4.40 Å². The number of halogens is 1. The zero-order valence-electron chi connectivity index (χ0n) is 9.82. The Kier molecular flexibility index (Phi) is 4.38. The highest BCUT2D eigenvalue weighted by molar-refractivity contribution is 9.10. The quantitative estimate of drug-likeness (QED) is 0.788. The summed E-state index contributed by atoms with van der Waals surface area (Å²) in [6.07, 6.45) is 5.06. The first-order chi connectivity index (χ1) is 7.32. The number of nitrogens with zero attached hydrogens (tertiary/aromatic N) is 2. The smallest absolute Gasteiger partial charge is 0.144 e. The van der Waals surface area contributed by atoms with Crippen LogP contribution in [0.15, 0.2) is 21.3 Å². The van der Waals surface area contributed by atoms with Gasteiger partial charge in [0.25, 0.3) is 0 Å². The molecule has 0 unspecified atom stereocenters. The topological polar surface area (TPSA) is 42.3 Å². The van der Waals surface area contributed by atoms with Crippen LogP contribution in [0.25, 0.3) is 0 Å². The molecule has 0 aliphatic heterocycles. The maximum absolute atomic E-state index is 11.7. The van der Waals surface area contributed by atoms with Crippen LogP contribution in [0.2, 0.25) is 0 Å². The second-order valence-corrected chi connectivity index (χ2v) is 7.22. The van der Waals surface area contributed by atoms with E-state index in [2.05, 4.69) is 25.3 Å². The molecule has 5 heteroatoms. The molecular weight excluding hydrogens is 288 g/mol. The highest BCUT2D eigenvalue weighted by Crippen LogP contribution is 2.17. The van der Waals surface area contributed by atoms with Crippen molar-refractivity contribution in [3.8, 4) is 0 Å². The average Bonchev–Trinajstić information content (AvgIpc) is 2.18. The van der Waals surface area contributed by atoms with Gasteiger partial charge in [0, 0.05) is 28.6 Å². The van der Waals surface area contributed by atoms with Gasteiger partial charge in [0.1, 0.15) is 11.0 Å². The third kappa shape index (κ3) is 3.49. The number of hydrogen-bond donors (Lipinski definition) is 0. The Morgan fingerprint density at radius 2 is 2.06 bits per heavy atom. The fraction of sp³-hybridized carbons (Fsp3) is 0.455. The van der Waals surface area contributed by atoms with Crippen molar-refractivity contribution in [2.75, 3.05) is 0 Å². The van der Waals surface area contributed by atoms with Gasteiger partial charge in [-0.3, -0.25) is 4.98 Å². The minimum atomic E-state index is -1.23. The third-order valence-corrected chi connectivity index (χ3v) is 4.15. The Bertz CT molecular complexity index is 438. The normalized spacial score (nSPS) is 14.3. The molecule has 16 heavy (non-hydrogen) atoms. The highest BCUT2D eigenvalue weighted by atomic mass is 79.9. The average molecular weight is 303 g/mol. The second-order valence-electron chi connectivity index (χ2n) is 4.43. The van der Waals surface area contributed by atoms with E-state index in [-0.39, 0.29) is 4.75 Å². The van der Waals surface area contributed by atoms with Gasteiger partial charge in [-0.15, -0.1) is 0 Å². The van der Waals surface area contributed by atoms with Crippen molar-refractivity contribution in [1.82, 2.24) is 4.98 Å². The van der Waals surface area contributed by atoms with Crippen LogP contribution in [-0.2, 0) is 11.0 Å². The van der Waals surface area contributed by atoms with Gasteiger partial charge < -0.3 is 0 Å². The summed E-state index contributed by atoms with van der Waals surface area (Å²) in [5.74, 6) is 0. The van der Waals surface area contributed by atoms with Gasteiger partial charge in [0.2, 0.25) is 0 Å². The maximum atomic E-state index is 11.7. The predicted molar refractivity (Wildman–Crippen MR) is 72.2 cm³/mol. The standard InChI is InChI=1S/C11H15BrN2OS/c1-8-9(5-13-7-10(8)12)6-14-16(15)11(2,3)4/h5-7H,1-4H3/t16-/m1/s1. The van der Waals surface area contributed by atoms with E-state index < -0.39 is 11.0 Å². The van der Waals surface area contributed by atoms with E-state index in [4.69, 9.17) is 0 Å². The molecule has 0 N–H and O–H groups in total. The van der Waals surface area contributed by atoms with Crippen molar-refractivity contribution in [3.05, 3.63) is 28.0 Å². The lowest BCUT2D eigenvalue weighted by atomic mass is 10.2. The van der Waals surface area contributed by atoms with Crippen molar-refractivity contribution in [1.29, 1.82) is 0 Å². The van der Waals surface area contributed by atoms with Crippen LogP contribution in [0.4, 0.5) is 0 Å². The first kappa shape index (κ1) is 13.5. The van der Waals surface area contributed by atoms with Crippen molar-refractivity contribution in [3.63, 3.8) is 0 Å². The molecule has 0 radical (unpaired) electrons. The van der Waals surface area contributed by atoms with Crippen LogP contribution < -0.4 is 0 Å². The largest absolute Gasteiger partial charge is 0.263 e. The Balaban J connectivity index is 2.94. The molecule has 0 aromatic carbocycles. The molecule has 1 heterocycles. The summed E-state index contributed by atoms with van der Waals surface area (Å²) >= 11 is 3.39. The molecule has 0 spiro atoms. The van der Waals surface area contributed by atoms with Gasteiger partial charge in [-0.25, -0.2) is 4.21 Å². The first-order valence-electron chi connectivity index (χ1n) is 4.88. The van der Waals surface area contributed by atoms with Crippen LogP contribution in [0, 0.1) is 6.92 Å². The van der Waals surface area contributed by atoms with E-state index >= 15 is 0 Å². The van der Waals surface area contributed by atoms with Crippen LogP contribution in [0.3, 0.4) is 0 Å². The van der Waals surface area contributed by atoms with Crippen LogP contribution in [-0.4, -0.2) is 20.2 Å². The molecule has 0 bridgehead atoms. The van der Waals surface area contributed by atoms with E-state index in [1.807, 2.05) is 27.7 Å². The minimum Gasteiger partial charge on any atom is -0.263 e. The molecule has 1 aromatic heterocycles. The molecule has 0 aliphatic carbocycles. The summed E-state index contributed by atoms with van der Waals surface area (Å²) in [6.45, 7) is 7.65. The lowest BCUT2D eigenvalue weighted by Crippen LogP contribution is -2.19. The Hall–Kier alpha value is -0.550. The predicted octanol–water partition coefficient (Wildman–Crippen LogP) is 3.03. The zero-order valence-corrected chi connectivity index (χ0v) is 12.2. The van der Waals surface area contributed by atoms with Gasteiger partial charge >= 0.3 is 0 Å². The van der Waals surface area contributed by atoms with Crippen molar-refractivity contribution < 1.29 is 4.21 Å². The fourth-order valence-electron chi connectivity index (χ4n) is 0.907.